The summed E-state index contributed by atoms with van der Waals surface area (Å²) in [7, 11) is 0. The first-order chi connectivity index (χ1) is 10.7. The summed E-state index contributed by atoms with van der Waals surface area (Å²) in [6, 6.07) is -0.155. The average Bonchev–Trinajstić information content (AvgIpc) is 2.41. The number of H-pyrrole nitrogens is 1. The van der Waals surface area contributed by atoms with Crippen molar-refractivity contribution in [2.24, 2.45) is 5.92 Å². The molecule has 126 valence electrons. The minimum Gasteiger partial charge on any atom is -0.444 e. The first-order valence-corrected chi connectivity index (χ1v) is 8.28. The van der Waals surface area contributed by atoms with Gasteiger partial charge in [-0.1, -0.05) is 6.92 Å². The lowest BCUT2D eigenvalue weighted by Gasteiger charge is -2.48. The van der Waals surface area contributed by atoms with E-state index in [4.69, 9.17) is 4.74 Å². The van der Waals surface area contributed by atoms with E-state index in [0.717, 1.165) is 24.1 Å². The minimum absolute atomic E-state index is 0.00158. The third-order valence-corrected chi connectivity index (χ3v) is 4.74. The summed E-state index contributed by atoms with van der Waals surface area (Å²) in [5.41, 5.74) is 0.879. The van der Waals surface area contributed by atoms with Crippen LogP contribution in [0, 0.1) is 12.8 Å². The molecule has 1 aromatic heterocycles. The number of piperidine rings is 1. The molecule has 6 heteroatoms. The molecule has 1 saturated heterocycles. The van der Waals surface area contributed by atoms with E-state index < -0.39 is 5.60 Å². The maximum absolute atomic E-state index is 12.7. The molecule has 3 heterocycles. The van der Waals surface area contributed by atoms with Crippen LogP contribution in [-0.2, 0) is 11.2 Å². The van der Waals surface area contributed by atoms with Crippen LogP contribution in [0.15, 0.2) is 4.79 Å². The zero-order chi connectivity index (χ0) is 16.9. The summed E-state index contributed by atoms with van der Waals surface area (Å²) < 4.78 is 5.61. The highest BCUT2D eigenvalue weighted by Crippen LogP contribution is 2.43. The van der Waals surface area contributed by atoms with Crippen LogP contribution in [0.25, 0.3) is 0 Å². The third kappa shape index (κ3) is 2.86. The van der Waals surface area contributed by atoms with Gasteiger partial charge in [-0.2, -0.15) is 0 Å². The van der Waals surface area contributed by atoms with Gasteiger partial charge in [-0.05, 0) is 46.5 Å². The second-order valence-electron chi connectivity index (χ2n) is 7.74. The van der Waals surface area contributed by atoms with E-state index in [2.05, 4.69) is 16.9 Å². The van der Waals surface area contributed by atoms with E-state index in [1.54, 1.807) is 6.92 Å². The fourth-order valence-electron chi connectivity index (χ4n) is 3.72. The van der Waals surface area contributed by atoms with Crippen molar-refractivity contribution in [3.63, 3.8) is 0 Å². The Labute approximate surface area is 136 Å². The van der Waals surface area contributed by atoms with Crippen LogP contribution >= 0.6 is 0 Å². The molecule has 6 nitrogen and oxygen atoms in total. The molecule has 1 unspecified atom stereocenters. The van der Waals surface area contributed by atoms with Gasteiger partial charge >= 0.3 is 6.09 Å². The molecule has 2 bridgehead atoms. The first kappa shape index (κ1) is 16.0. The quantitative estimate of drug-likeness (QED) is 0.798. The van der Waals surface area contributed by atoms with Gasteiger partial charge in [-0.15, -0.1) is 0 Å². The van der Waals surface area contributed by atoms with Gasteiger partial charge < -0.3 is 9.72 Å². The number of carbonyl (C=O) groups excluding carboxylic acids is 1. The number of carbonyl (C=O) groups is 1. The van der Waals surface area contributed by atoms with Crippen molar-refractivity contribution < 1.29 is 9.53 Å². The number of fused-ring (bicyclic) bond motifs is 4. The molecular weight excluding hydrogens is 294 g/mol. The SMILES string of the molecule is Cc1nc2c(c(=O)[nH]1)CC1[C@@H](C)CC[C@H]2N1C(=O)OC(C)(C)C. The molecule has 0 saturated carbocycles. The van der Waals surface area contributed by atoms with E-state index in [0.29, 0.717) is 18.2 Å². The Morgan fingerprint density at radius 3 is 2.70 bits per heavy atom. The van der Waals surface area contributed by atoms with E-state index >= 15 is 0 Å². The summed E-state index contributed by atoms with van der Waals surface area (Å²) in [4.78, 5) is 34.2. The summed E-state index contributed by atoms with van der Waals surface area (Å²) in [6.45, 7) is 9.52. The molecule has 2 aliphatic rings. The van der Waals surface area contributed by atoms with Crippen LogP contribution in [0.5, 0.6) is 0 Å². The van der Waals surface area contributed by atoms with Crippen molar-refractivity contribution >= 4 is 6.09 Å². The first-order valence-electron chi connectivity index (χ1n) is 8.28. The molecule has 2 aliphatic heterocycles. The normalized spacial score (nSPS) is 26.7. The Balaban J connectivity index is 2.04. The van der Waals surface area contributed by atoms with E-state index in [1.807, 2.05) is 25.7 Å². The third-order valence-electron chi connectivity index (χ3n) is 4.74. The number of amides is 1. The highest BCUT2D eigenvalue weighted by molar-refractivity contribution is 5.70. The zero-order valence-corrected chi connectivity index (χ0v) is 14.5. The lowest BCUT2D eigenvalue weighted by molar-refractivity contribution is -0.0227. The lowest BCUT2D eigenvalue weighted by atomic mass is 9.77. The molecule has 0 spiro atoms. The van der Waals surface area contributed by atoms with Crippen molar-refractivity contribution in [1.29, 1.82) is 0 Å². The number of rotatable bonds is 0. The summed E-state index contributed by atoms with van der Waals surface area (Å²) in [6.07, 6.45) is 2.10. The van der Waals surface area contributed by atoms with Crippen LogP contribution in [0.3, 0.4) is 0 Å². The second-order valence-corrected chi connectivity index (χ2v) is 7.74. The van der Waals surface area contributed by atoms with Crippen LogP contribution in [0.2, 0.25) is 0 Å². The van der Waals surface area contributed by atoms with Crippen LogP contribution in [-0.4, -0.2) is 32.6 Å². The molecule has 1 fully saturated rings. The summed E-state index contributed by atoms with van der Waals surface area (Å²) >= 11 is 0. The molecular formula is C17H25N3O3. The Morgan fingerprint density at radius 2 is 2.04 bits per heavy atom. The number of nitrogens with one attached hydrogen (secondary N) is 1. The minimum atomic E-state index is -0.535. The Hall–Kier alpha value is -1.85. The van der Waals surface area contributed by atoms with Gasteiger partial charge in [0.25, 0.3) is 5.56 Å². The van der Waals surface area contributed by atoms with Crippen molar-refractivity contribution in [2.75, 3.05) is 0 Å². The highest BCUT2D eigenvalue weighted by Gasteiger charge is 2.46. The number of aromatic nitrogens is 2. The number of aromatic amines is 1. The number of hydrogen-bond acceptors (Lipinski definition) is 4. The molecule has 0 aliphatic carbocycles. The van der Waals surface area contributed by atoms with Crippen molar-refractivity contribution in [3.05, 3.63) is 27.4 Å². The van der Waals surface area contributed by atoms with E-state index in [1.165, 1.54) is 0 Å². The van der Waals surface area contributed by atoms with Crippen molar-refractivity contribution in [3.8, 4) is 0 Å². The van der Waals surface area contributed by atoms with E-state index in [-0.39, 0.29) is 23.7 Å². The average molecular weight is 319 g/mol. The van der Waals surface area contributed by atoms with Crippen molar-refractivity contribution in [2.45, 2.75) is 71.6 Å². The molecule has 0 radical (unpaired) electrons. The smallest absolute Gasteiger partial charge is 0.411 e. The maximum Gasteiger partial charge on any atom is 0.411 e. The number of ether oxygens (including phenoxy) is 1. The van der Waals surface area contributed by atoms with Crippen molar-refractivity contribution in [1.82, 2.24) is 14.9 Å². The van der Waals surface area contributed by atoms with E-state index in [9.17, 15) is 9.59 Å². The van der Waals surface area contributed by atoms with Crippen LogP contribution in [0.4, 0.5) is 4.79 Å². The Kier molecular flexibility index (Phi) is 3.73. The number of nitrogens with zero attached hydrogens (tertiary/aromatic N) is 2. The topological polar surface area (TPSA) is 75.3 Å². The Morgan fingerprint density at radius 1 is 1.35 bits per heavy atom. The van der Waals surface area contributed by atoms with Gasteiger partial charge in [0.15, 0.2) is 0 Å². The van der Waals surface area contributed by atoms with Gasteiger partial charge in [0.05, 0.1) is 11.7 Å². The Bertz CT molecular complexity index is 689. The molecule has 3 atom stereocenters. The van der Waals surface area contributed by atoms with Gasteiger partial charge in [-0.3, -0.25) is 9.69 Å². The second kappa shape index (κ2) is 5.35. The largest absolute Gasteiger partial charge is 0.444 e. The standard InChI is InChI=1S/C17H25N3O3/c1-9-6-7-12-14-11(15(21)19-10(2)18-14)8-13(9)20(12)16(22)23-17(3,4)5/h9,12-13H,6-8H2,1-5H3,(H,18,19,21)/t9-,12+,13?/m0/s1. The van der Waals surface area contributed by atoms with Gasteiger partial charge in [-0.25, -0.2) is 9.78 Å². The predicted octanol–water partition coefficient (Wildman–Crippen LogP) is 2.71. The molecule has 0 aromatic carbocycles. The zero-order valence-electron chi connectivity index (χ0n) is 14.5. The van der Waals surface area contributed by atoms with Crippen LogP contribution in [0.1, 0.15) is 63.7 Å². The lowest BCUT2D eigenvalue weighted by Crippen LogP contribution is -2.55. The monoisotopic (exact) mass is 319 g/mol. The van der Waals surface area contributed by atoms with Gasteiger partial charge in [0.1, 0.15) is 11.4 Å². The highest BCUT2D eigenvalue weighted by atomic mass is 16.6. The molecule has 23 heavy (non-hydrogen) atoms. The van der Waals surface area contributed by atoms with Gasteiger partial charge in [0.2, 0.25) is 0 Å². The van der Waals surface area contributed by atoms with Gasteiger partial charge in [0, 0.05) is 18.0 Å². The molecule has 1 aromatic rings. The summed E-state index contributed by atoms with van der Waals surface area (Å²) in [5.74, 6) is 0.933. The molecule has 3 rings (SSSR count). The summed E-state index contributed by atoms with van der Waals surface area (Å²) in [5, 5.41) is 0. The fourth-order valence-corrected chi connectivity index (χ4v) is 3.72. The maximum atomic E-state index is 12.7. The molecule has 1 N–H and O–H groups in total. The molecule has 1 amide bonds. The fraction of sp³-hybridized carbons (Fsp3) is 0.706. The predicted molar refractivity (Wildman–Crippen MR) is 86.3 cm³/mol. The number of aryl methyl sites for hydroxylation is 1. The van der Waals surface area contributed by atoms with Crippen LogP contribution < -0.4 is 5.56 Å². The number of hydrogen-bond donors (Lipinski definition) is 1.